The van der Waals surface area contributed by atoms with Crippen molar-refractivity contribution in [3.63, 3.8) is 0 Å². The van der Waals surface area contributed by atoms with Crippen molar-refractivity contribution in [2.24, 2.45) is 0 Å². The maximum absolute atomic E-state index is 12.4. The number of carbonyl (C=O) groups is 1. The normalized spacial score (nSPS) is 10.9. The molecule has 3 rings (SSSR count). The maximum atomic E-state index is 12.4. The summed E-state index contributed by atoms with van der Waals surface area (Å²) in [5, 5.41) is 1.05. The molecule has 0 aliphatic rings. The number of nitrogens with zero attached hydrogens (tertiary/aromatic N) is 1. The van der Waals surface area contributed by atoms with Gasteiger partial charge in [-0.05, 0) is 48.7 Å². The van der Waals surface area contributed by atoms with E-state index in [0.717, 1.165) is 22.9 Å². The van der Waals surface area contributed by atoms with Gasteiger partial charge in [0.1, 0.15) is 5.69 Å². The molecule has 3 nitrogen and oxygen atoms in total. The van der Waals surface area contributed by atoms with Crippen molar-refractivity contribution in [2.75, 3.05) is 0 Å². The van der Waals surface area contributed by atoms with Gasteiger partial charge in [0.2, 0.25) is 5.78 Å². The van der Waals surface area contributed by atoms with E-state index in [1.807, 2.05) is 31.2 Å². The number of ketones is 1. The molecule has 0 unspecified atom stereocenters. The Bertz CT molecular complexity index is 787. The Morgan fingerprint density at radius 2 is 2.05 bits per heavy atom. The van der Waals surface area contributed by atoms with Crippen molar-refractivity contribution < 1.29 is 4.79 Å². The monoisotopic (exact) mass is 264 g/mol. The minimum Gasteiger partial charge on any atom is -0.352 e. The highest BCUT2D eigenvalue weighted by molar-refractivity contribution is 6.09. The van der Waals surface area contributed by atoms with Gasteiger partial charge in [-0.3, -0.25) is 9.78 Å². The molecule has 0 fully saturated rings. The van der Waals surface area contributed by atoms with Gasteiger partial charge in [0.05, 0.1) is 5.69 Å². The summed E-state index contributed by atoms with van der Waals surface area (Å²) < 4.78 is 0. The van der Waals surface area contributed by atoms with E-state index < -0.39 is 0 Å². The Hall–Kier alpha value is -2.42. The highest BCUT2D eigenvalue weighted by Crippen LogP contribution is 2.19. The van der Waals surface area contributed by atoms with Crippen molar-refractivity contribution in [1.82, 2.24) is 9.97 Å². The number of nitrogens with one attached hydrogen (secondary N) is 1. The molecule has 0 atom stereocenters. The first-order valence-corrected chi connectivity index (χ1v) is 6.76. The van der Waals surface area contributed by atoms with Gasteiger partial charge in [-0.25, -0.2) is 0 Å². The zero-order chi connectivity index (χ0) is 14.1. The van der Waals surface area contributed by atoms with E-state index in [-0.39, 0.29) is 5.78 Å². The summed E-state index contributed by atoms with van der Waals surface area (Å²) >= 11 is 0. The molecular formula is C17H16N2O. The number of carbonyl (C=O) groups excluding carboxylic acids is 1. The molecule has 1 aromatic carbocycles. The van der Waals surface area contributed by atoms with Crippen molar-refractivity contribution in [3.8, 4) is 0 Å². The van der Waals surface area contributed by atoms with Crippen LogP contribution >= 0.6 is 0 Å². The summed E-state index contributed by atoms with van der Waals surface area (Å²) in [6.45, 7) is 4.07. The van der Waals surface area contributed by atoms with Gasteiger partial charge in [-0.1, -0.05) is 19.1 Å². The number of aromatic nitrogens is 2. The van der Waals surface area contributed by atoms with Crippen LogP contribution in [-0.2, 0) is 6.42 Å². The lowest BCUT2D eigenvalue weighted by Crippen LogP contribution is -2.04. The van der Waals surface area contributed by atoms with Crippen LogP contribution in [0.2, 0.25) is 0 Å². The molecule has 0 amide bonds. The Kier molecular flexibility index (Phi) is 3.11. The van der Waals surface area contributed by atoms with Crippen molar-refractivity contribution in [1.29, 1.82) is 0 Å². The van der Waals surface area contributed by atoms with Crippen LogP contribution in [0.15, 0.2) is 42.6 Å². The van der Waals surface area contributed by atoms with Gasteiger partial charge < -0.3 is 4.98 Å². The number of pyridine rings is 1. The van der Waals surface area contributed by atoms with Crippen LogP contribution in [0.5, 0.6) is 0 Å². The summed E-state index contributed by atoms with van der Waals surface area (Å²) in [4.78, 5) is 19.8. The van der Waals surface area contributed by atoms with E-state index in [0.29, 0.717) is 11.4 Å². The smallest absolute Gasteiger partial charge is 0.227 e. The maximum Gasteiger partial charge on any atom is 0.227 e. The molecule has 0 spiro atoms. The van der Waals surface area contributed by atoms with E-state index >= 15 is 0 Å². The SMILES string of the molecule is CCc1ccc2cc(C(=O)c3cc(C)ccn3)[nH]c2c1. The lowest BCUT2D eigenvalue weighted by molar-refractivity contribution is 0.103. The number of hydrogen-bond donors (Lipinski definition) is 1. The second-order valence-electron chi connectivity index (χ2n) is 5.01. The fourth-order valence-corrected chi connectivity index (χ4v) is 2.31. The van der Waals surface area contributed by atoms with Gasteiger partial charge in [-0.2, -0.15) is 0 Å². The van der Waals surface area contributed by atoms with E-state index in [2.05, 4.69) is 29.0 Å². The van der Waals surface area contributed by atoms with Gasteiger partial charge in [0, 0.05) is 17.1 Å². The predicted molar refractivity (Wildman–Crippen MR) is 80.1 cm³/mol. The van der Waals surface area contributed by atoms with Crippen LogP contribution in [0.3, 0.4) is 0 Å². The Morgan fingerprint density at radius 1 is 1.20 bits per heavy atom. The molecule has 0 bridgehead atoms. The average molecular weight is 264 g/mol. The van der Waals surface area contributed by atoms with Crippen molar-refractivity contribution in [3.05, 3.63) is 65.1 Å². The predicted octanol–water partition coefficient (Wildman–Crippen LogP) is 3.66. The van der Waals surface area contributed by atoms with Gasteiger partial charge in [-0.15, -0.1) is 0 Å². The van der Waals surface area contributed by atoms with Crippen LogP contribution < -0.4 is 0 Å². The Morgan fingerprint density at radius 3 is 2.80 bits per heavy atom. The van der Waals surface area contributed by atoms with Crippen LogP contribution in [0.1, 0.15) is 34.2 Å². The quantitative estimate of drug-likeness (QED) is 0.734. The highest BCUT2D eigenvalue weighted by atomic mass is 16.1. The number of H-pyrrole nitrogens is 1. The number of rotatable bonds is 3. The van der Waals surface area contributed by atoms with Crippen molar-refractivity contribution >= 4 is 16.7 Å². The van der Waals surface area contributed by atoms with E-state index in [4.69, 9.17) is 0 Å². The summed E-state index contributed by atoms with van der Waals surface area (Å²) in [5.74, 6) is -0.0667. The number of benzene rings is 1. The third-order valence-corrected chi connectivity index (χ3v) is 3.49. The summed E-state index contributed by atoms with van der Waals surface area (Å²) in [6.07, 6.45) is 2.65. The molecule has 3 aromatic rings. The van der Waals surface area contributed by atoms with Crippen LogP contribution in [0, 0.1) is 6.92 Å². The summed E-state index contributed by atoms with van der Waals surface area (Å²) in [6, 6.07) is 11.8. The number of aryl methyl sites for hydroxylation is 2. The number of hydrogen-bond acceptors (Lipinski definition) is 2. The molecule has 0 radical (unpaired) electrons. The zero-order valence-electron chi connectivity index (χ0n) is 11.6. The van der Waals surface area contributed by atoms with Crippen molar-refractivity contribution in [2.45, 2.75) is 20.3 Å². The molecule has 3 heteroatoms. The van der Waals surface area contributed by atoms with Gasteiger partial charge in [0.25, 0.3) is 0 Å². The number of aromatic amines is 1. The minimum atomic E-state index is -0.0667. The first-order valence-electron chi connectivity index (χ1n) is 6.76. The van der Waals surface area contributed by atoms with Gasteiger partial charge >= 0.3 is 0 Å². The highest BCUT2D eigenvalue weighted by Gasteiger charge is 2.13. The summed E-state index contributed by atoms with van der Waals surface area (Å²) in [7, 11) is 0. The first kappa shape index (κ1) is 12.6. The molecule has 0 aliphatic carbocycles. The zero-order valence-corrected chi connectivity index (χ0v) is 11.6. The number of fused-ring (bicyclic) bond motifs is 1. The fraction of sp³-hybridized carbons (Fsp3) is 0.176. The van der Waals surface area contributed by atoms with E-state index in [1.165, 1.54) is 5.56 Å². The molecule has 2 aromatic heterocycles. The lowest BCUT2D eigenvalue weighted by Gasteiger charge is -1.98. The molecular weight excluding hydrogens is 248 g/mol. The van der Waals surface area contributed by atoms with Crippen LogP contribution in [0.4, 0.5) is 0 Å². The first-order chi connectivity index (χ1) is 9.67. The molecule has 0 aliphatic heterocycles. The van der Waals surface area contributed by atoms with Crippen LogP contribution in [-0.4, -0.2) is 15.8 Å². The Balaban J connectivity index is 2.03. The molecule has 2 heterocycles. The van der Waals surface area contributed by atoms with Crippen LogP contribution in [0.25, 0.3) is 10.9 Å². The molecule has 1 N–H and O–H groups in total. The standard InChI is InChI=1S/C17H16N2O/c1-3-12-4-5-13-10-16(19-14(13)9-12)17(20)15-8-11(2)6-7-18-15/h4-10,19H,3H2,1-2H3. The third kappa shape index (κ3) is 2.23. The fourth-order valence-electron chi connectivity index (χ4n) is 2.31. The average Bonchev–Trinajstić information content (AvgIpc) is 2.89. The molecule has 20 heavy (non-hydrogen) atoms. The topological polar surface area (TPSA) is 45.8 Å². The Labute approximate surface area is 117 Å². The molecule has 0 saturated carbocycles. The largest absolute Gasteiger partial charge is 0.352 e. The van der Waals surface area contributed by atoms with E-state index in [1.54, 1.807) is 6.20 Å². The lowest BCUT2D eigenvalue weighted by atomic mass is 10.1. The van der Waals surface area contributed by atoms with Gasteiger partial charge in [0.15, 0.2) is 0 Å². The van der Waals surface area contributed by atoms with E-state index in [9.17, 15) is 4.79 Å². The second-order valence-corrected chi connectivity index (χ2v) is 5.01. The summed E-state index contributed by atoms with van der Waals surface area (Å²) in [5.41, 5.74) is 4.36. The molecule has 0 saturated heterocycles. The molecule has 100 valence electrons. The second kappa shape index (κ2) is 4.93. The minimum absolute atomic E-state index is 0.0667. The third-order valence-electron chi connectivity index (χ3n) is 3.49.